The molecule has 3 heteroatoms. The summed E-state index contributed by atoms with van der Waals surface area (Å²) in [5.74, 6) is 0.699. The van der Waals surface area contributed by atoms with E-state index in [1.165, 1.54) is 64.7 Å². The molecule has 12 rings (SSSR count). The van der Waals surface area contributed by atoms with Gasteiger partial charge in [-0.05, 0) is 73.8 Å². The Morgan fingerprint density at radius 1 is 0.323 bits per heavy atom. The SMILES string of the molecule is c1ccc(-c2nc(-c3ccc(-c4cccc5c4sc4ccccc45)cc3)cc(-c3ccccc3-c3ccc4c(c3)-c3ccccc3C4(c3ccccc3)c3ccccc3)n2)cc1. The quantitative estimate of drug-likeness (QED) is 0.160. The number of nitrogens with zero attached hydrogens (tertiary/aromatic N) is 2. The molecule has 0 fully saturated rings. The van der Waals surface area contributed by atoms with Crippen molar-refractivity contribution in [2.45, 2.75) is 5.41 Å². The zero-order valence-corrected chi connectivity index (χ0v) is 34.6. The molecule has 290 valence electrons. The van der Waals surface area contributed by atoms with Gasteiger partial charge in [-0.1, -0.05) is 212 Å². The summed E-state index contributed by atoms with van der Waals surface area (Å²) >= 11 is 1.86. The van der Waals surface area contributed by atoms with E-state index in [9.17, 15) is 0 Å². The third-order valence-corrected chi connectivity index (χ3v) is 13.8. The third-order valence-electron chi connectivity index (χ3n) is 12.6. The Labute approximate surface area is 365 Å². The van der Waals surface area contributed by atoms with Gasteiger partial charge < -0.3 is 0 Å². The second-order valence-electron chi connectivity index (χ2n) is 16.0. The second kappa shape index (κ2) is 14.8. The standard InChI is InChI=1S/C59H38N2S/c1-4-17-41(18-5-1)58-60-54(40-33-31-39(32-34-40)46-27-16-28-50-49-26-13-15-30-56(49)62-57(46)50)38-55(61-58)48-25-11-10-23-45(48)42-35-36-53-51(37-42)47-24-12-14-29-52(47)59(53,43-19-6-2-7-20-43)44-21-8-3-9-22-44/h1-38H. The molecule has 0 radical (unpaired) electrons. The molecular weight excluding hydrogens is 769 g/mol. The second-order valence-corrected chi connectivity index (χ2v) is 17.1. The molecule has 0 saturated heterocycles. The van der Waals surface area contributed by atoms with E-state index < -0.39 is 5.41 Å². The first-order chi connectivity index (χ1) is 30.7. The Balaban J connectivity index is 0.993. The highest BCUT2D eigenvalue weighted by atomic mass is 32.1. The molecule has 0 unspecified atom stereocenters. The van der Waals surface area contributed by atoms with Crippen molar-refractivity contribution in [2.24, 2.45) is 0 Å². The van der Waals surface area contributed by atoms with Gasteiger partial charge in [-0.3, -0.25) is 0 Å². The van der Waals surface area contributed by atoms with E-state index in [0.717, 1.165) is 39.2 Å². The third kappa shape index (κ3) is 5.78. The summed E-state index contributed by atoms with van der Waals surface area (Å²) in [6, 6.07) is 83.3. The maximum absolute atomic E-state index is 5.31. The molecule has 0 bridgehead atoms. The molecule has 2 heterocycles. The van der Waals surface area contributed by atoms with E-state index >= 15 is 0 Å². The first-order valence-corrected chi connectivity index (χ1v) is 22.0. The lowest BCUT2D eigenvalue weighted by Crippen LogP contribution is -2.28. The Morgan fingerprint density at radius 3 is 1.63 bits per heavy atom. The molecule has 0 N–H and O–H groups in total. The first kappa shape index (κ1) is 36.2. The molecule has 0 atom stereocenters. The van der Waals surface area contributed by atoms with Gasteiger partial charge in [-0.15, -0.1) is 11.3 Å². The summed E-state index contributed by atoms with van der Waals surface area (Å²) in [4.78, 5) is 10.5. The minimum absolute atomic E-state index is 0.446. The van der Waals surface area contributed by atoms with E-state index in [1.807, 2.05) is 17.4 Å². The fraction of sp³-hybridized carbons (Fsp3) is 0.0169. The Kier molecular flexibility index (Phi) is 8.62. The van der Waals surface area contributed by atoms with Gasteiger partial charge in [0, 0.05) is 36.9 Å². The Bertz CT molecular complexity index is 3400. The zero-order valence-electron chi connectivity index (χ0n) is 33.7. The zero-order chi connectivity index (χ0) is 41.0. The van der Waals surface area contributed by atoms with Gasteiger partial charge >= 0.3 is 0 Å². The summed E-state index contributed by atoms with van der Waals surface area (Å²) < 4.78 is 2.63. The molecule has 0 amide bonds. The smallest absolute Gasteiger partial charge is 0.160 e. The van der Waals surface area contributed by atoms with E-state index in [1.54, 1.807) is 0 Å². The number of aromatic nitrogens is 2. The van der Waals surface area contributed by atoms with Crippen LogP contribution in [0.1, 0.15) is 22.3 Å². The van der Waals surface area contributed by atoms with Crippen LogP contribution in [0.2, 0.25) is 0 Å². The monoisotopic (exact) mass is 806 g/mol. The van der Waals surface area contributed by atoms with Gasteiger partial charge in [-0.2, -0.15) is 0 Å². The van der Waals surface area contributed by atoms with Crippen LogP contribution in [0.5, 0.6) is 0 Å². The summed E-state index contributed by atoms with van der Waals surface area (Å²) in [6.07, 6.45) is 0. The van der Waals surface area contributed by atoms with Crippen LogP contribution in [-0.4, -0.2) is 9.97 Å². The molecule has 11 aromatic rings. The lowest BCUT2D eigenvalue weighted by atomic mass is 9.67. The van der Waals surface area contributed by atoms with Crippen LogP contribution in [0.25, 0.3) is 87.5 Å². The highest BCUT2D eigenvalue weighted by molar-refractivity contribution is 7.26. The van der Waals surface area contributed by atoms with Crippen molar-refractivity contribution >= 4 is 31.5 Å². The van der Waals surface area contributed by atoms with Crippen LogP contribution >= 0.6 is 11.3 Å². The molecule has 0 spiro atoms. The predicted molar refractivity (Wildman–Crippen MR) is 259 cm³/mol. The average molecular weight is 807 g/mol. The largest absolute Gasteiger partial charge is 0.228 e. The lowest BCUT2D eigenvalue weighted by molar-refractivity contribution is 0.768. The maximum atomic E-state index is 5.31. The minimum atomic E-state index is -0.446. The van der Waals surface area contributed by atoms with Gasteiger partial charge in [-0.25, -0.2) is 9.97 Å². The number of fused-ring (bicyclic) bond motifs is 6. The van der Waals surface area contributed by atoms with Crippen LogP contribution < -0.4 is 0 Å². The molecule has 62 heavy (non-hydrogen) atoms. The van der Waals surface area contributed by atoms with E-state index in [-0.39, 0.29) is 0 Å². The van der Waals surface area contributed by atoms with Crippen molar-refractivity contribution in [3.05, 3.63) is 253 Å². The number of hydrogen-bond acceptors (Lipinski definition) is 3. The van der Waals surface area contributed by atoms with Crippen molar-refractivity contribution in [3.8, 4) is 67.3 Å². The fourth-order valence-corrected chi connectivity index (χ4v) is 11.1. The van der Waals surface area contributed by atoms with Crippen molar-refractivity contribution in [1.82, 2.24) is 9.97 Å². The topological polar surface area (TPSA) is 25.8 Å². The van der Waals surface area contributed by atoms with Crippen molar-refractivity contribution in [2.75, 3.05) is 0 Å². The molecule has 1 aliphatic carbocycles. The van der Waals surface area contributed by atoms with Gasteiger partial charge in [0.1, 0.15) is 0 Å². The Hall–Kier alpha value is -7.72. The first-order valence-electron chi connectivity index (χ1n) is 21.1. The molecule has 9 aromatic carbocycles. The molecular formula is C59H38N2S. The van der Waals surface area contributed by atoms with E-state index in [0.29, 0.717) is 5.82 Å². The van der Waals surface area contributed by atoms with E-state index in [2.05, 4.69) is 224 Å². The van der Waals surface area contributed by atoms with Crippen molar-refractivity contribution in [1.29, 1.82) is 0 Å². The van der Waals surface area contributed by atoms with Gasteiger partial charge in [0.05, 0.1) is 16.8 Å². The van der Waals surface area contributed by atoms with Crippen molar-refractivity contribution in [3.63, 3.8) is 0 Å². The predicted octanol–water partition coefficient (Wildman–Crippen LogP) is 15.5. The highest BCUT2D eigenvalue weighted by Gasteiger charge is 2.46. The maximum Gasteiger partial charge on any atom is 0.160 e. The summed E-state index contributed by atoms with van der Waals surface area (Å²) in [5, 5.41) is 2.61. The van der Waals surface area contributed by atoms with E-state index in [4.69, 9.17) is 9.97 Å². The number of thiophene rings is 1. The van der Waals surface area contributed by atoms with Gasteiger partial charge in [0.15, 0.2) is 5.82 Å². The van der Waals surface area contributed by atoms with Crippen LogP contribution in [0.4, 0.5) is 0 Å². The minimum Gasteiger partial charge on any atom is -0.228 e. The highest BCUT2D eigenvalue weighted by Crippen LogP contribution is 2.57. The lowest BCUT2D eigenvalue weighted by Gasteiger charge is -2.33. The Morgan fingerprint density at radius 2 is 0.871 bits per heavy atom. The number of hydrogen-bond donors (Lipinski definition) is 0. The molecule has 2 aromatic heterocycles. The molecule has 0 aliphatic heterocycles. The van der Waals surface area contributed by atoms with Crippen LogP contribution in [0.3, 0.4) is 0 Å². The summed E-state index contributed by atoms with van der Waals surface area (Å²) in [7, 11) is 0. The number of rotatable bonds is 7. The van der Waals surface area contributed by atoms with Crippen molar-refractivity contribution < 1.29 is 0 Å². The van der Waals surface area contributed by atoms with Crippen LogP contribution in [0.15, 0.2) is 231 Å². The molecule has 1 aliphatic rings. The summed E-state index contributed by atoms with van der Waals surface area (Å²) in [5.41, 5.74) is 16.7. The van der Waals surface area contributed by atoms with Crippen LogP contribution in [-0.2, 0) is 5.41 Å². The van der Waals surface area contributed by atoms with Gasteiger partial charge in [0.2, 0.25) is 0 Å². The normalized spacial score (nSPS) is 12.6. The van der Waals surface area contributed by atoms with Gasteiger partial charge in [0.25, 0.3) is 0 Å². The summed E-state index contributed by atoms with van der Waals surface area (Å²) in [6.45, 7) is 0. The molecule has 0 saturated carbocycles. The number of benzene rings is 9. The average Bonchev–Trinajstić information content (AvgIpc) is 3.89. The molecule has 2 nitrogen and oxygen atoms in total. The van der Waals surface area contributed by atoms with Crippen LogP contribution in [0, 0.1) is 0 Å². The fourth-order valence-electron chi connectivity index (χ4n) is 9.82.